The summed E-state index contributed by atoms with van der Waals surface area (Å²) < 4.78 is 3.27. The maximum absolute atomic E-state index is 13.4. The van der Waals surface area contributed by atoms with E-state index in [1.165, 1.54) is 12.7 Å². The Morgan fingerprint density at radius 1 is 0.818 bits per heavy atom. The van der Waals surface area contributed by atoms with Gasteiger partial charge in [0.25, 0.3) is 0 Å². The van der Waals surface area contributed by atoms with Gasteiger partial charge >= 0.3 is 0 Å². The van der Waals surface area contributed by atoms with E-state index in [1.54, 1.807) is 22.0 Å². The minimum absolute atomic E-state index is 0.0519. The molecule has 2 aromatic rings. The van der Waals surface area contributed by atoms with Crippen LogP contribution in [0.15, 0.2) is 25.3 Å². The van der Waals surface area contributed by atoms with Crippen molar-refractivity contribution in [3.8, 4) is 0 Å². The molecular formula is C15H24N6O. The average molecular weight is 304 g/mol. The Kier molecular flexibility index (Phi) is 4.17. The number of carbonyl (C=O) groups excluding carboxylic acids is 1. The SMILES string of the molecule is CC(C)(C)C(C(=O)C(n1cncn1)C(C)(C)C)n1cncn1. The van der Waals surface area contributed by atoms with Gasteiger partial charge < -0.3 is 0 Å². The second-order valence-electron chi connectivity index (χ2n) is 7.69. The summed E-state index contributed by atoms with van der Waals surface area (Å²) in [4.78, 5) is 21.3. The molecule has 0 fully saturated rings. The van der Waals surface area contributed by atoms with E-state index >= 15 is 0 Å². The van der Waals surface area contributed by atoms with Gasteiger partial charge in [-0.05, 0) is 10.8 Å². The molecule has 0 aliphatic rings. The number of Topliss-reactive ketones (excluding diaryl/α,β-unsaturated/α-hetero) is 1. The van der Waals surface area contributed by atoms with Gasteiger partial charge in [-0.3, -0.25) is 4.79 Å². The van der Waals surface area contributed by atoms with Crippen molar-refractivity contribution in [3.05, 3.63) is 25.3 Å². The summed E-state index contributed by atoms with van der Waals surface area (Å²) in [6, 6.07) is -0.855. The zero-order valence-corrected chi connectivity index (χ0v) is 14.1. The van der Waals surface area contributed by atoms with E-state index in [-0.39, 0.29) is 16.6 Å². The van der Waals surface area contributed by atoms with Crippen LogP contribution in [0.4, 0.5) is 0 Å². The summed E-state index contributed by atoms with van der Waals surface area (Å²) in [5.74, 6) is 0.0519. The fourth-order valence-electron chi connectivity index (χ4n) is 2.76. The van der Waals surface area contributed by atoms with Crippen LogP contribution in [0.3, 0.4) is 0 Å². The highest BCUT2D eigenvalue weighted by molar-refractivity contribution is 5.87. The molecule has 0 saturated carbocycles. The highest BCUT2D eigenvalue weighted by Gasteiger charge is 2.43. The third-order valence-corrected chi connectivity index (χ3v) is 3.58. The number of nitrogens with zero attached hydrogens (tertiary/aromatic N) is 6. The van der Waals surface area contributed by atoms with Crippen LogP contribution in [0, 0.1) is 10.8 Å². The van der Waals surface area contributed by atoms with Crippen molar-refractivity contribution >= 4 is 5.78 Å². The normalized spacial score (nSPS) is 15.5. The Balaban J connectivity index is 2.48. The van der Waals surface area contributed by atoms with Crippen molar-refractivity contribution in [2.75, 3.05) is 0 Å². The smallest absolute Gasteiger partial charge is 0.183 e. The Hall–Kier alpha value is -2.05. The van der Waals surface area contributed by atoms with Crippen LogP contribution in [0.5, 0.6) is 0 Å². The zero-order chi connectivity index (χ0) is 16.5. The molecular weight excluding hydrogens is 280 g/mol. The molecule has 7 nitrogen and oxygen atoms in total. The first kappa shape index (κ1) is 16.3. The monoisotopic (exact) mass is 304 g/mol. The van der Waals surface area contributed by atoms with Crippen LogP contribution in [0.2, 0.25) is 0 Å². The molecule has 2 aromatic heterocycles. The molecule has 0 aromatic carbocycles. The van der Waals surface area contributed by atoms with Crippen molar-refractivity contribution in [3.63, 3.8) is 0 Å². The van der Waals surface area contributed by atoms with Gasteiger partial charge in [0.05, 0.1) is 0 Å². The largest absolute Gasteiger partial charge is 0.295 e. The summed E-state index contributed by atoms with van der Waals surface area (Å²) in [5, 5.41) is 8.38. The second-order valence-corrected chi connectivity index (χ2v) is 7.69. The molecule has 0 amide bonds. The maximum atomic E-state index is 13.4. The molecule has 2 unspecified atom stereocenters. The Morgan fingerprint density at radius 3 is 1.41 bits per heavy atom. The summed E-state index contributed by atoms with van der Waals surface area (Å²) in [7, 11) is 0. The molecule has 120 valence electrons. The number of carbonyl (C=O) groups is 1. The Bertz CT molecular complexity index is 549. The molecule has 0 radical (unpaired) electrons. The van der Waals surface area contributed by atoms with Gasteiger partial charge in [-0.15, -0.1) is 0 Å². The number of hydrogen-bond acceptors (Lipinski definition) is 5. The predicted molar refractivity (Wildman–Crippen MR) is 82.0 cm³/mol. The lowest BCUT2D eigenvalue weighted by atomic mass is 9.75. The molecule has 0 spiro atoms. The van der Waals surface area contributed by atoms with E-state index in [9.17, 15) is 4.79 Å². The van der Waals surface area contributed by atoms with Gasteiger partial charge in [-0.2, -0.15) is 10.2 Å². The number of rotatable bonds is 4. The third-order valence-electron chi connectivity index (χ3n) is 3.58. The van der Waals surface area contributed by atoms with Gasteiger partial charge in [0, 0.05) is 0 Å². The lowest BCUT2D eigenvalue weighted by Crippen LogP contribution is -2.41. The second kappa shape index (κ2) is 5.62. The van der Waals surface area contributed by atoms with Gasteiger partial charge in [0.1, 0.15) is 37.4 Å². The molecule has 2 heterocycles. The summed E-state index contributed by atoms with van der Waals surface area (Å²) in [6.07, 6.45) is 6.09. The fraction of sp³-hybridized carbons (Fsp3) is 0.667. The summed E-state index contributed by atoms with van der Waals surface area (Å²) in [5.41, 5.74) is -0.594. The quantitative estimate of drug-likeness (QED) is 0.866. The molecule has 0 N–H and O–H groups in total. The van der Waals surface area contributed by atoms with Crippen LogP contribution < -0.4 is 0 Å². The first-order chi connectivity index (χ1) is 10.1. The highest BCUT2D eigenvalue weighted by atomic mass is 16.1. The zero-order valence-electron chi connectivity index (χ0n) is 14.1. The van der Waals surface area contributed by atoms with Gasteiger partial charge in [0.15, 0.2) is 5.78 Å². The lowest BCUT2D eigenvalue weighted by Gasteiger charge is -2.36. The first-order valence-electron chi connectivity index (χ1n) is 7.34. The molecule has 0 aliphatic carbocycles. The Morgan fingerprint density at radius 2 is 1.18 bits per heavy atom. The Labute approximate surface area is 130 Å². The maximum Gasteiger partial charge on any atom is 0.183 e. The van der Waals surface area contributed by atoms with Crippen molar-refractivity contribution < 1.29 is 4.79 Å². The van der Waals surface area contributed by atoms with Crippen molar-refractivity contribution in [1.29, 1.82) is 0 Å². The van der Waals surface area contributed by atoms with E-state index in [4.69, 9.17) is 0 Å². The predicted octanol–water partition coefficient (Wildman–Crippen LogP) is 2.31. The minimum Gasteiger partial charge on any atom is -0.295 e. The molecule has 2 atom stereocenters. The van der Waals surface area contributed by atoms with Crippen LogP contribution in [-0.2, 0) is 4.79 Å². The highest BCUT2D eigenvalue weighted by Crippen LogP contribution is 2.39. The van der Waals surface area contributed by atoms with Crippen LogP contribution in [0.25, 0.3) is 0 Å². The van der Waals surface area contributed by atoms with E-state index in [0.29, 0.717) is 0 Å². The molecule has 2 rings (SSSR count). The molecule has 0 aliphatic heterocycles. The average Bonchev–Trinajstić information content (AvgIpc) is 2.98. The van der Waals surface area contributed by atoms with Crippen molar-refractivity contribution in [2.24, 2.45) is 10.8 Å². The fourth-order valence-corrected chi connectivity index (χ4v) is 2.76. The number of hydrogen-bond donors (Lipinski definition) is 0. The van der Waals surface area contributed by atoms with Crippen molar-refractivity contribution in [2.45, 2.75) is 53.6 Å². The van der Waals surface area contributed by atoms with E-state index in [1.807, 2.05) is 41.5 Å². The number of aromatic nitrogens is 6. The van der Waals surface area contributed by atoms with E-state index < -0.39 is 12.1 Å². The third kappa shape index (κ3) is 3.23. The standard InChI is InChI=1S/C15H24N6O/c1-14(2,3)12(20-9-16-7-18-20)11(22)13(15(4,5)6)21-10-17-8-19-21/h7-10,12-13H,1-6H3. The summed E-state index contributed by atoms with van der Waals surface area (Å²) >= 11 is 0. The summed E-state index contributed by atoms with van der Waals surface area (Å²) in [6.45, 7) is 12.2. The lowest BCUT2D eigenvalue weighted by molar-refractivity contribution is -0.132. The van der Waals surface area contributed by atoms with E-state index in [0.717, 1.165) is 0 Å². The molecule has 22 heavy (non-hydrogen) atoms. The van der Waals surface area contributed by atoms with Crippen LogP contribution >= 0.6 is 0 Å². The molecule has 0 bridgehead atoms. The van der Waals surface area contributed by atoms with Crippen LogP contribution in [-0.4, -0.2) is 35.3 Å². The first-order valence-corrected chi connectivity index (χ1v) is 7.34. The van der Waals surface area contributed by atoms with E-state index in [2.05, 4.69) is 20.2 Å². The number of ketones is 1. The minimum atomic E-state index is -0.427. The molecule has 7 heteroatoms. The van der Waals surface area contributed by atoms with Gasteiger partial charge in [-0.25, -0.2) is 19.3 Å². The van der Waals surface area contributed by atoms with Crippen LogP contribution in [0.1, 0.15) is 53.6 Å². The topological polar surface area (TPSA) is 78.5 Å². The molecule has 0 saturated heterocycles. The van der Waals surface area contributed by atoms with Gasteiger partial charge in [-0.1, -0.05) is 41.5 Å². The van der Waals surface area contributed by atoms with Crippen molar-refractivity contribution in [1.82, 2.24) is 29.5 Å². The van der Waals surface area contributed by atoms with Gasteiger partial charge in [0.2, 0.25) is 0 Å².